The van der Waals surface area contributed by atoms with Gasteiger partial charge in [0.15, 0.2) is 0 Å². The summed E-state index contributed by atoms with van der Waals surface area (Å²) in [5.41, 5.74) is 11.1. The average molecular weight is 300 g/mol. The summed E-state index contributed by atoms with van der Waals surface area (Å²) < 4.78 is 0. The van der Waals surface area contributed by atoms with Crippen molar-refractivity contribution in [3.8, 4) is 0 Å². The van der Waals surface area contributed by atoms with Gasteiger partial charge in [-0.15, -0.1) is 11.3 Å². The van der Waals surface area contributed by atoms with Crippen molar-refractivity contribution >= 4 is 22.9 Å². The van der Waals surface area contributed by atoms with Gasteiger partial charge in [0.25, 0.3) is 0 Å². The molecule has 0 saturated heterocycles. The summed E-state index contributed by atoms with van der Waals surface area (Å²) >= 11 is 1.72. The molecule has 0 saturated carbocycles. The minimum absolute atomic E-state index is 0.0794. The Kier molecular flexibility index (Phi) is 4.08. The molecule has 21 heavy (non-hydrogen) atoms. The first-order chi connectivity index (χ1) is 10.2. The number of fused-ring (bicyclic) bond motifs is 1. The molecule has 1 aromatic carbocycles. The minimum Gasteiger partial charge on any atom is -0.326 e. The van der Waals surface area contributed by atoms with Crippen molar-refractivity contribution in [2.24, 2.45) is 5.73 Å². The third-order valence-corrected chi connectivity index (χ3v) is 5.10. The number of nitrogens with one attached hydrogen (secondary N) is 1. The van der Waals surface area contributed by atoms with Gasteiger partial charge in [-0.25, -0.2) is 0 Å². The van der Waals surface area contributed by atoms with Gasteiger partial charge < -0.3 is 11.1 Å². The molecule has 1 aliphatic rings. The van der Waals surface area contributed by atoms with Gasteiger partial charge in [0.05, 0.1) is 6.04 Å². The van der Waals surface area contributed by atoms with Gasteiger partial charge in [0, 0.05) is 17.0 Å². The highest BCUT2D eigenvalue weighted by molar-refractivity contribution is 7.10. The fourth-order valence-electron chi connectivity index (χ4n) is 2.85. The van der Waals surface area contributed by atoms with E-state index in [4.69, 9.17) is 5.73 Å². The number of carbonyl (C=O) groups excluding carboxylic acids is 1. The fourth-order valence-corrected chi connectivity index (χ4v) is 3.88. The molecule has 0 spiro atoms. The van der Waals surface area contributed by atoms with Gasteiger partial charge in [-0.05, 0) is 53.5 Å². The highest BCUT2D eigenvalue weighted by Gasteiger charge is 2.18. The van der Waals surface area contributed by atoms with Crippen LogP contribution in [-0.2, 0) is 17.6 Å². The van der Waals surface area contributed by atoms with Crippen molar-refractivity contribution in [2.45, 2.75) is 38.6 Å². The normalized spacial score (nSPS) is 16.0. The molecule has 0 aliphatic carbocycles. The van der Waals surface area contributed by atoms with E-state index in [0.29, 0.717) is 6.42 Å². The Hall–Kier alpha value is -1.65. The third kappa shape index (κ3) is 2.87. The number of hydrogen-bond acceptors (Lipinski definition) is 3. The Morgan fingerprint density at radius 2 is 2.19 bits per heavy atom. The molecular weight excluding hydrogens is 280 g/mol. The second-order valence-electron chi connectivity index (χ2n) is 5.46. The monoisotopic (exact) mass is 300 g/mol. The van der Waals surface area contributed by atoms with Crippen molar-refractivity contribution in [1.29, 1.82) is 0 Å². The Morgan fingerprint density at radius 3 is 3.00 bits per heavy atom. The molecule has 1 atom stereocenters. The molecule has 1 amide bonds. The van der Waals surface area contributed by atoms with E-state index >= 15 is 0 Å². The van der Waals surface area contributed by atoms with Gasteiger partial charge >= 0.3 is 0 Å². The standard InChI is InChI=1S/C17H20N2OS/c1-2-11-8-9-21-17(11)16(18)13-6-7-14-12(10-13)4-3-5-15(20)19-14/h6-10,16H,2-5,18H2,1H3,(H,19,20). The third-order valence-electron chi connectivity index (χ3n) is 4.06. The first-order valence-corrected chi connectivity index (χ1v) is 8.31. The topological polar surface area (TPSA) is 55.1 Å². The van der Waals surface area contributed by atoms with Crippen LogP contribution in [0.1, 0.15) is 47.4 Å². The number of nitrogens with two attached hydrogens (primary N) is 1. The van der Waals surface area contributed by atoms with E-state index < -0.39 is 0 Å². The van der Waals surface area contributed by atoms with Crippen LogP contribution in [0.2, 0.25) is 0 Å². The van der Waals surface area contributed by atoms with Crippen LogP contribution in [0.15, 0.2) is 29.6 Å². The first kappa shape index (κ1) is 14.3. The lowest BCUT2D eigenvalue weighted by molar-refractivity contribution is -0.116. The van der Waals surface area contributed by atoms with Gasteiger partial charge in [-0.3, -0.25) is 4.79 Å². The molecule has 3 rings (SSSR count). The van der Waals surface area contributed by atoms with Crippen LogP contribution in [0, 0.1) is 0 Å². The highest BCUT2D eigenvalue weighted by atomic mass is 32.1. The average Bonchev–Trinajstić information content (AvgIpc) is 2.88. The number of anilines is 1. The maximum absolute atomic E-state index is 11.6. The van der Waals surface area contributed by atoms with Gasteiger partial charge in [-0.2, -0.15) is 0 Å². The predicted molar refractivity (Wildman–Crippen MR) is 87.7 cm³/mol. The Labute approximate surface area is 129 Å². The summed E-state index contributed by atoms with van der Waals surface area (Å²) in [6.45, 7) is 2.16. The van der Waals surface area contributed by atoms with Crippen molar-refractivity contribution in [3.63, 3.8) is 0 Å². The SMILES string of the molecule is CCc1ccsc1C(N)c1ccc2c(c1)CCCC(=O)N2. The molecule has 4 heteroatoms. The molecular formula is C17H20N2OS. The second-order valence-corrected chi connectivity index (χ2v) is 6.41. The Balaban J connectivity index is 1.93. The number of benzene rings is 1. The van der Waals surface area contributed by atoms with Crippen LogP contribution in [0.25, 0.3) is 0 Å². The van der Waals surface area contributed by atoms with Gasteiger partial charge in [0.2, 0.25) is 5.91 Å². The molecule has 3 N–H and O–H groups in total. The summed E-state index contributed by atoms with van der Waals surface area (Å²) in [5, 5.41) is 5.08. The highest BCUT2D eigenvalue weighted by Crippen LogP contribution is 2.31. The van der Waals surface area contributed by atoms with Crippen molar-refractivity contribution in [1.82, 2.24) is 0 Å². The lowest BCUT2D eigenvalue weighted by Crippen LogP contribution is -2.13. The first-order valence-electron chi connectivity index (χ1n) is 7.43. The van der Waals surface area contributed by atoms with E-state index in [1.54, 1.807) is 11.3 Å². The Morgan fingerprint density at radius 1 is 1.33 bits per heavy atom. The summed E-state index contributed by atoms with van der Waals surface area (Å²) in [5.74, 6) is 0.109. The number of amides is 1. The number of thiophene rings is 1. The van der Waals surface area contributed by atoms with Crippen molar-refractivity contribution < 1.29 is 4.79 Å². The van der Waals surface area contributed by atoms with E-state index in [2.05, 4.69) is 29.8 Å². The van der Waals surface area contributed by atoms with Crippen molar-refractivity contribution in [3.05, 3.63) is 51.2 Å². The minimum atomic E-state index is -0.0794. The van der Waals surface area contributed by atoms with Gasteiger partial charge in [-0.1, -0.05) is 19.1 Å². The zero-order valence-electron chi connectivity index (χ0n) is 12.2. The van der Waals surface area contributed by atoms with Crippen LogP contribution < -0.4 is 11.1 Å². The Bertz CT molecular complexity index is 663. The zero-order chi connectivity index (χ0) is 14.8. The van der Waals surface area contributed by atoms with Crippen molar-refractivity contribution in [2.75, 3.05) is 5.32 Å². The molecule has 1 unspecified atom stereocenters. The molecule has 0 bridgehead atoms. The second kappa shape index (κ2) is 6.00. The summed E-state index contributed by atoms with van der Waals surface area (Å²) in [6.07, 6.45) is 3.44. The van der Waals surface area contributed by atoms with E-state index in [1.807, 2.05) is 12.1 Å². The molecule has 2 aromatic rings. The smallest absolute Gasteiger partial charge is 0.224 e. The van der Waals surface area contributed by atoms with Crippen LogP contribution in [0.4, 0.5) is 5.69 Å². The molecule has 0 fully saturated rings. The van der Waals surface area contributed by atoms with Crippen LogP contribution in [-0.4, -0.2) is 5.91 Å². The molecule has 110 valence electrons. The molecule has 3 nitrogen and oxygen atoms in total. The van der Waals surface area contributed by atoms with E-state index in [-0.39, 0.29) is 11.9 Å². The molecule has 1 aliphatic heterocycles. The quantitative estimate of drug-likeness (QED) is 0.909. The molecule has 0 radical (unpaired) electrons. The maximum Gasteiger partial charge on any atom is 0.224 e. The van der Waals surface area contributed by atoms with E-state index in [1.165, 1.54) is 16.0 Å². The van der Waals surface area contributed by atoms with E-state index in [0.717, 1.165) is 30.5 Å². The lowest BCUT2D eigenvalue weighted by Gasteiger charge is -2.15. The number of hydrogen-bond donors (Lipinski definition) is 2. The zero-order valence-corrected chi connectivity index (χ0v) is 13.0. The summed E-state index contributed by atoms with van der Waals surface area (Å²) in [7, 11) is 0. The summed E-state index contributed by atoms with van der Waals surface area (Å²) in [4.78, 5) is 12.8. The molecule has 1 aromatic heterocycles. The van der Waals surface area contributed by atoms with Gasteiger partial charge in [0.1, 0.15) is 0 Å². The van der Waals surface area contributed by atoms with E-state index in [9.17, 15) is 4.79 Å². The fraction of sp³-hybridized carbons (Fsp3) is 0.353. The largest absolute Gasteiger partial charge is 0.326 e. The summed E-state index contributed by atoms with van der Waals surface area (Å²) in [6, 6.07) is 8.26. The molecule has 2 heterocycles. The lowest BCUT2D eigenvalue weighted by atomic mass is 9.98. The van der Waals surface area contributed by atoms with Crippen LogP contribution in [0.5, 0.6) is 0 Å². The number of aryl methyl sites for hydroxylation is 2. The number of rotatable bonds is 3. The number of carbonyl (C=O) groups is 1. The maximum atomic E-state index is 11.6. The van der Waals surface area contributed by atoms with Crippen LogP contribution in [0.3, 0.4) is 0 Å². The predicted octanol–water partition coefficient (Wildman–Crippen LogP) is 3.63. The van der Waals surface area contributed by atoms with Crippen LogP contribution >= 0.6 is 11.3 Å².